The molecule has 1 unspecified atom stereocenters. The highest BCUT2D eigenvalue weighted by Gasteiger charge is 2.35. The van der Waals surface area contributed by atoms with Crippen LogP contribution in [-0.2, 0) is 16.0 Å². The second-order valence-corrected chi connectivity index (χ2v) is 6.62. The lowest BCUT2D eigenvalue weighted by Gasteiger charge is -2.36. The van der Waals surface area contributed by atoms with E-state index in [0.717, 1.165) is 37.2 Å². The fourth-order valence-corrected chi connectivity index (χ4v) is 3.51. The molecule has 1 amide bonds. The molecule has 4 nitrogen and oxygen atoms in total. The summed E-state index contributed by atoms with van der Waals surface area (Å²) in [6, 6.07) is 7.64. The van der Waals surface area contributed by atoms with E-state index in [1.54, 1.807) is 11.0 Å². The van der Waals surface area contributed by atoms with Gasteiger partial charge in [0.1, 0.15) is 0 Å². The Morgan fingerprint density at radius 2 is 1.86 bits per heavy atom. The second kappa shape index (κ2) is 6.11. The number of benzene rings is 1. The van der Waals surface area contributed by atoms with Crippen LogP contribution in [0.15, 0.2) is 24.3 Å². The number of hydrogen-bond donors (Lipinski definition) is 0. The van der Waals surface area contributed by atoms with Crippen LogP contribution in [-0.4, -0.2) is 36.0 Å². The van der Waals surface area contributed by atoms with Crippen LogP contribution in [0.4, 0.5) is 0 Å². The summed E-state index contributed by atoms with van der Waals surface area (Å²) in [6.07, 6.45) is 4.22. The minimum absolute atomic E-state index is 0.0672. The van der Waals surface area contributed by atoms with Gasteiger partial charge in [-0.2, -0.15) is 0 Å². The maximum absolute atomic E-state index is 12.7. The summed E-state index contributed by atoms with van der Waals surface area (Å²) in [5, 5.41) is 0. The van der Waals surface area contributed by atoms with Gasteiger partial charge in [-0.05, 0) is 43.2 Å². The maximum atomic E-state index is 12.7. The van der Waals surface area contributed by atoms with E-state index in [1.807, 2.05) is 25.2 Å². The largest absolute Gasteiger partial charge is 0.448 e. The van der Waals surface area contributed by atoms with Gasteiger partial charge in [0.2, 0.25) is 0 Å². The number of cyclic esters (lactones) is 1. The van der Waals surface area contributed by atoms with Crippen molar-refractivity contribution in [2.45, 2.75) is 51.2 Å². The standard InChI is InChI=1S/C18H23NO3/c1-12-7-9-14(10-8-12)19(2)17(20)16-11-13-5-3-4-6-15(13)18(21)22-16/h3-6,12,14,16H,7-11H2,1-2H3. The van der Waals surface area contributed by atoms with E-state index in [-0.39, 0.29) is 17.9 Å². The van der Waals surface area contributed by atoms with Crippen LogP contribution in [0, 0.1) is 5.92 Å². The molecule has 1 aromatic rings. The lowest BCUT2D eigenvalue weighted by molar-refractivity contribution is -0.142. The Hall–Kier alpha value is -1.84. The highest BCUT2D eigenvalue weighted by molar-refractivity contribution is 5.95. The number of amides is 1. The molecule has 3 rings (SSSR count). The third kappa shape index (κ3) is 2.87. The van der Waals surface area contributed by atoms with E-state index in [9.17, 15) is 9.59 Å². The molecule has 1 aromatic carbocycles. The zero-order valence-corrected chi connectivity index (χ0v) is 13.2. The summed E-state index contributed by atoms with van der Waals surface area (Å²) in [6.45, 7) is 2.26. The van der Waals surface area contributed by atoms with Gasteiger partial charge in [0.15, 0.2) is 6.10 Å². The first-order valence-corrected chi connectivity index (χ1v) is 8.12. The van der Waals surface area contributed by atoms with E-state index in [2.05, 4.69) is 6.92 Å². The van der Waals surface area contributed by atoms with Crippen molar-refractivity contribution in [3.05, 3.63) is 35.4 Å². The molecule has 0 radical (unpaired) electrons. The lowest BCUT2D eigenvalue weighted by atomic mass is 9.86. The number of esters is 1. The average Bonchev–Trinajstić information content (AvgIpc) is 2.54. The van der Waals surface area contributed by atoms with Crippen LogP contribution in [0.2, 0.25) is 0 Å². The van der Waals surface area contributed by atoms with Gasteiger partial charge >= 0.3 is 5.97 Å². The highest BCUT2D eigenvalue weighted by atomic mass is 16.5. The third-order valence-corrected chi connectivity index (χ3v) is 5.05. The highest BCUT2D eigenvalue weighted by Crippen LogP contribution is 2.28. The van der Waals surface area contributed by atoms with Crippen LogP contribution in [0.1, 0.15) is 48.5 Å². The molecule has 1 aliphatic heterocycles. The average molecular weight is 301 g/mol. The van der Waals surface area contributed by atoms with E-state index in [1.165, 1.54) is 0 Å². The van der Waals surface area contributed by atoms with E-state index in [0.29, 0.717) is 12.0 Å². The number of carbonyl (C=O) groups is 2. The van der Waals surface area contributed by atoms with E-state index >= 15 is 0 Å². The van der Waals surface area contributed by atoms with Crippen molar-refractivity contribution in [1.82, 2.24) is 4.90 Å². The fourth-order valence-electron chi connectivity index (χ4n) is 3.51. The SMILES string of the molecule is CC1CCC(N(C)C(=O)C2Cc3ccccc3C(=O)O2)CC1. The summed E-state index contributed by atoms with van der Waals surface area (Å²) in [7, 11) is 1.84. The molecule has 1 fully saturated rings. The Morgan fingerprint density at radius 1 is 1.18 bits per heavy atom. The molecule has 0 bridgehead atoms. The molecular weight excluding hydrogens is 278 g/mol. The molecule has 1 atom stereocenters. The van der Waals surface area contributed by atoms with Crippen LogP contribution in [0.25, 0.3) is 0 Å². The second-order valence-electron chi connectivity index (χ2n) is 6.62. The van der Waals surface area contributed by atoms with Crippen LogP contribution < -0.4 is 0 Å². The number of rotatable bonds is 2. The van der Waals surface area contributed by atoms with Crippen molar-refractivity contribution >= 4 is 11.9 Å². The van der Waals surface area contributed by atoms with Crippen molar-refractivity contribution in [2.24, 2.45) is 5.92 Å². The molecule has 2 aliphatic rings. The molecule has 0 saturated heterocycles. The zero-order chi connectivity index (χ0) is 15.7. The van der Waals surface area contributed by atoms with Gasteiger partial charge in [-0.3, -0.25) is 4.79 Å². The summed E-state index contributed by atoms with van der Waals surface area (Å²) in [5.41, 5.74) is 1.49. The lowest BCUT2D eigenvalue weighted by Crippen LogP contribution is -2.47. The van der Waals surface area contributed by atoms with Crippen molar-refractivity contribution in [3.8, 4) is 0 Å². The maximum Gasteiger partial charge on any atom is 0.339 e. The number of fused-ring (bicyclic) bond motifs is 1. The molecule has 4 heteroatoms. The Balaban J connectivity index is 1.69. The predicted octanol–water partition coefficient (Wildman–Crippen LogP) is 2.81. The van der Waals surface area contributed by atoms with Gasteiger partial charge in [-0.1, -0.05) is 25.1 Å². The van der Waals surface area contributed by atoms with Gasteiger partial charge in [0, 0.05) is 19.5 Å². The third-order valence-electron chi connectivity index (χ3n) is 5.05. The molecule has 1 heterocycles. The predicted molar refractivity (Wildman–Crippen MR) is 83.5 cm³/mol. The van der Waals surface area contributed by atoms with Crippen molar-refractivity contribution in [2.75, 3.05) is 7.05 Å². The number of likely N-dealkylation sites (N-methyl/N-ethyl adjacent to an activating group) is 1. The molecular formula is C18H23NO3. The van der Waals surface area contributed by atoms with Crippen molar-refractivity contribution in [1.29, 1.82) is 0 Å². The Labute approximate surface area is 131 Å². The number of nitrogens with zero attached hydrogens (tertiary/aromatic N) is 1. The van der Waals surface area contributed by atoms with Gasteiger partial charge in [-0.15, -0.1) is 0 Å². The molecule has 0 N–H and O–H groups in total. The summed E-state index contributed by atoms with van der Waals surface area (Å²) in [5.74, 6) is 0.299. The summed E-state index contributed by atoms with van der Waals surface area (Å²) < 4.78 is 5.38. The molecule has 1 saturated carbocycles. The molecule has 0 aromatic heterocycles. The van der Waals surface area contributed by atoms with Gasteiger partial charge in [0.05, 0.1) is 5.56 Å². The topological polar surface area (TPSA) is 46.6 Å². The van der Waals surface area contributed by atoms with Crippen LogP contribution >= 0.6 is 0 Å². The number of ether oxygens (including phenoxy) is 1. The minimum atomic E-state index is -0.674. The molecule has 0 spiro atoms. The molecule has 22 heavy (non-hydrogen) atoms. The zero-order valence-electron chi connectivity index (χ0n) is 13.2. The van der Waals surface area contributed by atoms with Crippen molar-refractivity contribution < 1.29 is 14.3 Å². The summed E-state index contributed by atoms with van der Waals surface area (Å²) >= 11 is 0. The molecule has 1 aliphatic carbocycles. The Bertz CT molecular complexity index is 575. The van der Waals surface area contributed by atoms with Crippen LogP contribution in [0.3, 0.4) is 0 Å². The number of hydrogen-bond acceptors (Lipinski definition) is 3. The first-order valence-electron chi connectivity index (χ1n) is 8.12. The van der Waals surface area contributed by atoms with E-state index in [4.69, 9.17) is 4.74 Å². The smallest absolute Gasteiger partial charge is 0.339 e. The van der Waals surface area contributed by atoms with Gasteiger partial charge in [-0.25, -0.2) is 4.79 Å². The Morgan fingerprint density at radius 3 is 2.59 bits per heavy atom. The van der Waals surface area contributed by atoms with Crippen molar-refractivity contribution in [3.63, 3.8) is 0 Å². The monoisotopic (exact) mass is 301 g/mol. The fraction of sp³-hybridized carbons (Fsp3) is 0.556. The van der Waals surface area contributed by atoms with Gasteiger partial charge in [0.25, 0.3) is 5.91 Å². The first-order chi connectivity index (χ1) is 10.6. The first kappa shape index (κ1) is 15.1. The van der Waals surface area contributed by atoms with E-state index < -0.39 is 6.10 Å². The van der Waals surface area contributed by atoms with Gasteiger partial charge < -0.3 is 9.64 Å². The minimum Gasteiger partial charge on any atom is -0.448 e. The Kier molecular flexibility index (Phi) is 4.19. The normalized spacial score (nSPS) is 27.7. The number of carbonyl (C=O) groups excluding carboxylic acids is 2. The molecule has 118 valence electrons. The quantitative estimate of drug-likeness (QED) is 0.789. The van der Waals surface area contributed by atoms with Crippen LogP contribution in [0.5, 0.6) is 0 Å². The summed E-state index contributed by atoms with van der Waals surface area (Å²) in [4.78, 5) is 26.5.